The molecule has 0 bridgehead atoms. The normalized spacial score (nSPS) is 12.1. The number of aromatic nitrogens is 1. The van der Waals surface area contributed by atoms with Crippen LogP contribution in [-0.2, 0) is 6.54 Å². The molecule has 0 aliphatic rings. The molecule has 1 aromatic rings. The number of pyridine rings is 1. The van der Waals surface area contributed by atoms with Gasteiger partial charge >= 0.3 is 0 Å². The average molecular weight is 309 g/mol. The van der Waals surface area contributed by atoms with Gasteiger partial charge in [0.25, 0.3) is 0 Å². The van der Waals surface area contributed by atoms with Crippen LogP contribution in [0.15, 0.2) is 48.7 Å². The van der Waals surface area contributed by atoms with E-state index in [1.165, 1.54) is 5.69 Å². The summed E-state index contributed by atoms with van der Waals surface area (Å²) in [5, 5.41) is 0. The van der Waals surface area contributed by atoms with E-state index in [4.69, 9.17) is 0 Å². The largest absolute Gasteiger partial charge is 0.247 e. The molecule has 0 spiro atoms. The van der Waals surface area contributed by atoms with Crippen LogP contribution in [0, 0.1) is 6.92 Å². The summed E-state index contributed by atoms with van der Waals surface area (Å²) in [7, 11) is 3.87. The van der Waals surface area contributed by atoms with Crippen LogP contribution in [0.5, 0.6) is 0 Å². The molecular formula is C16H24N2S2+2. The first-order valence-corrected chi connectivity index (χ1v) is 9.37. The summed E-state index contributed by atoms with van der Waals surface area (Å²) in [5.41, 5.74) is 1.32. The molecule has 108 valence electrons. The van der Waals surface area contributed by atoms with Crippen molar-refractivity contribution < 1.29 is 9.56 Å². The van der Waals surface area contributed by atoms with Gasteiger partial charge in [-0.3, -0.25) is 0 Å². The summed E-state index contributed by atoms with van der Waals surface area (Å²) in [6.07, 6.45) is 12.2. The first-order valence-electron chi connectivity index (χ1n) is 6.88. The Hall–Kier alpha value is -1.00. The molecule has 0 saturated carbocycles. The number of nitrogens with one attached hydrogen (secondary N) is 1. The highest BCUT2D eigenvalue weighted by molar-refractivity contribution is 8.76. The summed E-state index contributed by atoms with van der Waals surface area (Å²) >= 11 is 0. The molecule has 0 aliphatic heterocycles. The molecule has 4 heteroatoms. The first kappa shape index (κ1) is 17.1. The standard InChI is InChI=1S/C16H23N2S2/c1-3-4-5-7-10-17-11-14-19-20-15-13-18-12-8-6-9-16(18)2/h3-10,12H,11,13-15H2,1-2H3/q+1/p+1/b4-3+,7-5-,17-10?. The second-order valence-corrected chi connectivity index (χ2v) is 6.91. The van der Waals surface area contributed by atoms with E-state index in [2.05, 4.69) is 40.9 Å². The van der Waals surface area contributed by atoms with Crippen molar-refractivity contribution in [2.75, 3.05) is 18.1 Å². The fourth-order valence-electron chi connectivity index (χ4n) is 1.55. The Bertz CT molecular complexity index is 454. The molecule has 1 heterocycles. The Morgan fingerprint density at radius 3 is 2.80 bits per heavy atom. The van der Waals surface area contributed by atoms with Crippen molar-refractivity contribution >= 4 is 27.8 Å². The van der Waals surface area contributed by atoms with Gasteiger partial charge < -0.3 is 0 Å². The number of nitrogens with zero attached hydrogens (tertiary/aromatic N) is 1. The van der Waals surface area contributed by atoms with Crippen LogP contribution in [0.25, 0.3) is 0 Å². The lowest BCUT2D eigenvalue weighted by atomic mass is 10.3. The van der Waals surface area contributed by atoms with Gasteiger partial charge in [0.15, 0.2) is 31.2 Å². The van der Waals surface area contributed by atoms with Crippen LogP contribution in [0.3, 0.4) is 0 Å². The van der Waals surface area contributed by atoms with Crippen molar-refractivity contribution in [2.24, 2.45) is 0 Å². The number of hydrogen-bond acceptors (Lipinski definition) is 2. The zero-order valence-corrected chi connectivity index (χ0v) is 13.9. The Morgan fingerprint density at radius 2 is 2.00 bits per heavy atom. The third kappa shape index (κ3) is 8.23. The molecule has 20 heavy (non-hydrogen) atoms. The maximum absolute atomic E-state index is 3.28. The number of rotatable bonds is 9. The van der Waals surface area contributed by atoms with E-state index < -0.39 is 0 Å². The summed E-state index contributed by atoms with van der Waals surface area (Å²) in [6, 6.07) is 6.32. The molecule has 0 aromatic carbocycles. The van der Waals surface area contributed by atoms with Crippen molar-refractivity contribution in [3.8, 4) is 0 Å². The Kier molecular flexibility index (Phi) is 10.1. The summed E-state index contributed by atoms with van der Waals surface area (Å²) in [4.78, 5) is 3.28. The smallest absolute Gasteiger partial charge is 0.178 e. The number of hydrogen-bond donors (Lipinski definition) is 1. The molecule has 0 unspecified atom stereocenters. The molecule has 1 rings (SSSR count). The van der Waals surface area contributed by atoms with Gasteiger partial charge in [0.05, 0.1) is 11.5 Å². The SMILES string of the molecule is C/C=C/C=C\C=[NH+]CCSSCC[n+]1ccccc1C. The molecule has 0 fully saturated rings. The lowest BCUT2D eigenvalue weighted by Gasteiger charge is -1.99. The highest BCUT2D eigenvalue weighted by atomic mass is 33.1. The van der Waals surface area contributed by atoms with Crippen LogP contribution in [-0.4, -0.2) is 24.3 Å². The first-order chi connectivity index (χ1) is 9.84. The van der Waals surface area contributed by atoms with Gasteiger partial charge in [-0.2, -0.15) is 0 Å². The average Bonchev–Trinajstić information content (AvgIpc) is 2.46. The second-order valence-electron chi connectivity index (χ2n) is 4.21. The zero-order chi connectivity index (χ0) is 14.5. The molecule has 0 atom stereocenters. The van der Waals surface area contributed by atoms with Gasteiger partial charge in [-0.15, -0.1) is 0 Å². The van der Waals surface area contributed by atoms with E-state index in [9.17, 15) is 0 Å². The third-order valence-electron chi connectivity index (χ3n) is 2.62. The predicted octanol–water partition coefficient (Wildman–Crippen LogP) is 1.95. The van der Waals surface area contributed by atoms with Gasteiger partial charge in [-0.25, -0.2) is 9.56 Å². The topological polar surface area (TPSA) is 17.9 Å². The predicted molar refractivity (Wildman–Crippen MR) is 92.1 cm³/mol. The number of allylic oxidation sites excluding steroid dienone is 4. The van der Waals surface area contributed by atoms with E-state index in [0.29, 0.717) is 0 Å². The van der Waals surface area contributed by atoms with E-state index in [-0.39, 0.29) is 0 Å². The lowest BCUT2D eigenvalue weighted by Crippen LogP contribution is -2.69. The summed E-state index contributed by atoms with van der Waals surface area (Å²) < 4.78 is 2.30. The Morgan fingerprint density at radius 1 is 1.15 bits per heavy atom. The monoisotopic (exact) mass is 308 g/mol. The molecule has 2 nitrogen and oxygen atoms in total. The maximum Gasteiger partial charge on any atom is 0.178 e. The maximum atomic E-state index is 3.28. The van der Waals surface area contributed by atoms with Crippen LogP contribution < -0.4 is 9.56 Å². The van der Waals surface area contributed by atoms with Crippen LogP contribution in [0.1, 0.15) is 12.6 Å². The van der Waals surface area contributed by atoms with E-state index in [0.717, 1.165) is 24.6 Å². The lowest BCUT2D eigenvalue weighted by molar-refractivity contribution is -0.698. The van der Waals surface area contributed by atoms with Gasteiger partial charge in [-0.05, 0) is 6.92 Å². The fourth-order valence-corrected chi connectivity index (χ4v) is 3.44. The van der Waals surface area contributed by atoms with Crippen molar-refractivity contribution in [3.63, 3.8) is 0 Å². The molecular weight excluding hydrogens is 284 g/mol. The molecule has 1 aromatic heterocycles. The molecule has 1 N–H and O–H groups in total. The molecule has 0 saturated heterocycles. The highest BCUT2D eigenvalue weighted by Crippen LogP contribution is 2.19. The van der Waals surface area contributed by atoms with Crippen LogP contribution >= 0.6 is 21.6 Å². The van der Waals surface area contributed by atoms with Gasteiger partial charge in [0.1, 0.15) is 0 Å². The molecule has 0 radical (unpaired) electrons. The summed E-state index contributed by atoms with van der Waals surface area (Å²) in [5.74, 6) is 2.27. The Balaban J connectivity index is 2.01. The fraction of sp³-hybridized carbons (Fsp3) is 0.375. The second kappa shape index (κ2) is 11.8. The van der Waals surface area contributed by atoms with Gasteiger partial charge in [0.2, 0.25) is 0 Å². The van der Waals surface area contributed by atoms with Crippen molar-refractivity contribution in [1.82, 2.24) is 0 Å². The zero-order valence-electron chi connectivity index (χ0n) is 12.3. The van der Waals surface area contributed by atoms with Gasteiger partial charge in [0, 0.05) is 25.1 Å². The van der Waals surface area contributed by atoms with Crippen molar-refractivity contribution in [1.29, 1.82) is 0 Å². The van der Waals surface area contributed by atoms with Crippen molar-refractivity contribution in [2.45, 2.75) is 20.4 Å². The van der Waals surface area contributed by atoms with Crippen molar-refractivity contribution in [3.05, 3.63) is 54.4 Å². The van der Waals surface area contributed by atoms with Gasteiger partial charge in [-0.1, -0.05) is 45.9 Å². The quantitative estimate of drug-likeness (QED) is 0.247. The minimum Gasteiger partial charge on any atom is -0.247 e. The molecule has 0 amide bonds. The summed E-state index contributed by atoms with van der Waals surface area (Å²) in [6.45, 7) is 6.25. The minimum absolute atomic E-state index is 1.01. The highest BCUT2D eigenvalue weighted by Gasteiger charge is 2.03. The van der Waals surface area contributed by atoms with Crippen LogP contribution in [0.4, 0.5) is 0 Å². The van der Waals surface area contributed by atoms with E-state index in [1.807, 2.05) is 59.0 Å². The Labute approximate surface area is 130 Å². The van der Waals surface area contributed by atoms with E-state index >= 15 is 0 Å². The van der Waals surface area contributed by atoms with Crippen LogP contribution in [0.2, 0.25) is 0 Å². The van der Waals surface area contributed by atoms with E-state index in [1.54, 1.807) is 0 Å². The number of aryl methyl sites for hydroxylation is 2. The minimum atomic E-state index is 1.01. The molecule has 0 aliphatic carbocycles. The third-order valence-corrected chi connectivity index (χ3v) is 5.01.